The number of nitrogens with zero attached hydrogens (tertiary/aromatic N) is 2. The van der Waals surface area contributed by atoms with Gasteiger partial charge in [-0.2, -0.15) is 8.70 Å². The van der Waals surface area contributed by atoms with Crippen molar-refractivity contribution in [1.29, 1.82) is 0 Å². The molecule has 0 atom stereocenters. The first-order valence-corrected chi connectivity index (χ1v) is 8.91. The molecule has 1 heterocycles. The van der Waals surface area contributed by atoms with Gasteiger partial charge in [-0.05, 0) is 0 Å². The zero-order valence-corrected chi connectivity index (χ0v) is 14.0. The number of ether oxygens (including phenoxy) is 1. The Bertz CT molecular complexity index is 827. The second-order valence-electron chi connectivity index (χ2n) is 5.23. The Hall–Kier alpha value is -2.25. The van der Waals surface area contributed by atoms with Gasteiger partial charge in [0.15, 0.2) is 5.82 Å². The Kier molecular flexibility index (Phi) is 6.15. The molecule has 1 saturated heterocycles. The van der Waals surface area contributed by atoms with Crippen LogP contribution in [0.5, 0.6) is 0 Å². The van der Waals surface area contributed by atoms with E-state index in [1.54, 1.807) is 0 Å². The Morgan fingerprint density at radius 3 is 2.42 bits per heavy atom. The number of nitro groups is 1. The Balaban J connectivity index is 2.07. The number of benzene rings is 1. The molecule has 0 unspecified atom stereocenters. The summed E-state index contributed by atoms with van der Waals surface area (Å²) in [5, 5.41) is 12.7. The molecule has 0 radical (unpaired) electrons. The molecule has 1 fully saturated rings. The summed E-state index contributed by atoms with van der Waals surface area (Å²) in [6, 6.07) is 0.250. The normalized spacial score (nSPS) is 15.7. The fraction of sp³-hybridized carbons (Fsp3) is 0.462. The summed E-state index contributed by atoms with van der Waals surface area (Å²) in [5.41, 5.74) is -2.51. The van der Waals surface area contributed by atoms with Crippen LogP contribution >= 0.6 is 0 Å². The molecule has 1 N–H and O–H groups in total. The zero-order valence-electron chi connectivity index (χ0n) is 13.2. The van der Waals surface area contributed by atoms with Crippen molar-refractivity contribution in [1.82, 2.24) is 9.62 Å². The third-order valence-corrected chi connectivity index (χ3v) is 5.45. The highest BCUT2D eigenvalue weighted by atomic mass is 32.2. The number of amides is 1. The van der Waals surface area contributed by atoms with Gasteiger partial charge < -0.3 is 10.1 Å². The van der Waals surface area contributed by atoms with Crippen LogP contribution in [0.4, 0.5) is 18.9 Å². The van der Waals surface area contributed by atoms with E-state index in [0.717, 1.165) is 4.31 Å². The lowest BCUT2D eigenvalue weighted by molar-refractivity contribution is -0.387. The van der Waals surface area contributed by atoms with Crippen molar-refractivity contribution in [3.05, 3.63) is 39.2 Å². The van der Waals surface area contributed by atoms with Crippen LogP contribution in [0, 0.1) is 27.6 Å². The van der Waals surface area contributed by atoms with E-state index < -0.39 is 61.9 Å². The highest BCUT2D eigenvalue weighted by molar-refractivity contribution is 7.89. The predicted octanol–water partition coefficient (Wildman–Crippen LogP) is 0.404. The summed E-state index contributed by atoms with van der Waals surface area (Å²) in [7, 11) is -3.71. The molecule has 0 spiro atoms. The van der Waals surface area contributed by atoms with Gasteiger partial charge in [-0.1, -0.05) is 0 Å². The van der Waals surface area contributed by atoms with Crippen LogP contribution in [-0.4, -0.2) is 62.2 Å². The number of carbonyl (C=O) groups excluding carboxylic acids is 1. The number of hydrogen-bond donors (Lipinski definition) is 1. The minimum absolute atomic E-state index is 0.153. The number of nitro benzene ring substituents is 1. The number of rotatable bonds is 6. The van der Waals surface area contributed by atoms with Gasteiger partial charge in [-0.15, -0.1) is 0 Å². The summed E-state index contributed by atoms with van der Waals surface area (Å²) < 4.78 is 70.6. The minimum Gasteiger partial charge on any atom is -0.379 e. The van der Waals surface area contributed by atoms with Crippen molar-refractivity contribution >= 4 is 21.6 Å². The molecule has 0 saturated carbocycles. The number of hydrogen-bond acceptors (Lipinski definition) is 6. The van der Waals surface area contributed by atoms with Crippen molar-refractivity contribution < 1.29 is 36.0 Å². The van der Waals surface area contributed by atoms with Crippen LogP contribution in [0.1, 0.15) is 10.4 Å². The third kappa shape index (κ3) is 4.28. The van der Waals surface area contributed by atoms with Gasteiger partial charge in [0.25, 0.3) is 5.91 Å². The molecule has 2 rings (SSSR count). The van der Waals surface area contributed by atoms with Crippen molar-refractivity contribution in [2.45, 2.75) is 0 Å². The highest BCUT2D eigenvalue weighted by Gasteiger charge is 2.29. The summed E-state index contributed by atoms with van der Waals surface area (Å²) in [5.74, 6) is -7.92. The van der Waals surface area contributed by atoms with E-state index in [0.29, 0.717) is 0 Å². The number of sulfonamides is 1. The molecule has 26 heavy (non-hydrogen) atoms. The third-order valence-electron chi connectivity index (χ3n) is 3.58. The van der Waals surface area contributed by atoms with Gasteiger partial charge in [0.05, 0.1) is 29.5 Å². The SMILES string of the molecule is O=C(NCCS(=O)(=O)N1CCOCC1)c1cc([N+](=O)[O-])c(F)c(F)c1F. The molecule has 1 aromatic carbocycles. The first-order chi connectivity index (χ1) is 12.1. The second kappa shape index (κ2) is 7.97. The number of morpholine rings is 1. The van der Waals surface area contributed by atoms with Gasteiger partial charge in [0.2, 0.25) is 21.7 Å². The molecule has 13 heteroatoms. The van der Waals surface area contributed by atoms with E-state index in [4.69, 9.17) is 4.74 Å². The lowest BCUT2D eigenvalue weighted by Gasteiger charge is -2.26. The van der Waals surface area contributed by atoms with Crippen LogP contribution in [-0.2, 0) is 14.8 Å². The largest absolute Gasteiger partial charge is 0.379 e. The van der Waals surface area contributed by atoms with E-state index >= 15 is 0 Å². The van der Waals surface area contributed by atoms with E-state index in [1.165, 1.54) is 0 Å². The maximum absolute atomic E-state index is 13.7. The molecule has 1 aliphatic heterocycles. The van der Waals surface area contributed by atoms with Gasteiger partial charge in [0, 0.05) is 25.7 Å². The van der Waals surface area contributed by atoms with E-state index in [-0.39, 0.29) is 32.4 Å². The molecular weight excluding hydrogens is 383 g/mol. The minimum atomic E-state index is -3.71. The summed E-state index contributed by atoms with van der Waals surface area (Å²) >= 11 is 0. The summed E-state index contributed by atoms with van der Waals surface area (Å²) in [6.07, 6.45) is 0. The van der Waals surface area contributed by atoms with E-state index in [2.05, 4.69) is 0 Å². The first kappa shape index (κ1) is 20.1. The topological polar surface area (TPSA) is 119 Å². The Morgan fingerprint density at radius 1 is 1.23 bits per heavy atom. The molecule has 0 aromatic heterocycles. The Morgan fingerprint density at radius 2 is 1.85 bits per heavy atom. The molecule has 9 nitrogen and oxygen atoms in total. The van der Waals surface area contributed by atoms with Gasteiger partial charge >= 0.3 is 5.69 Å². The fourth-order valence-corrected chi connectivity index (χ4v) is 3.55. The summed E-state index contributed by atoms with van der Waals surface area (Å²) in [4.78, 5) is 21.2. The molecule has 144 valence electrons. The molecule has 1 aromatic rings. The van der Waals surface area contributed by atoms with Crippen LogP contribution in [0.25, 0.3) is 0 Å². The van der Waals surface area contributed by atoms with Gasteiger partial charge in [-0.25, -0.2) is 17.2 Å². The fourth-order valence-electron chi connectivity index (χ4n) is 2.23. The molecule has 1 aliphatic rings. The van der Waals surface area contributed by atoms with Crippen LogP contribution in [0.3, 0.4) is 0 Å². The second-order valence-corrected chi connectivity index (χ2v) is 7.31. The number of halogens is 3. The monoisotopic (exact) mass is 397 g/mol. The molecule has 1 amide bonds. The van der Waals surface area contributed by atoms with Crippen molar-refractivity contribution in [3.8, 4) is 0 Å². The maximum atomic E-state index is 13.7. The average Bonchev–Trinajstić information content (AvgIpc) is 2.60. The van der Waals surface area contributed by atoms with Crippen molar-refractivity contribution in [2.24, 2.45) is 0 Å². The van der Waals surface area contributed by atoms with Gasteiger partial charge in [-0.3, -0.25) is 14.9 Å². The average molecular weight is 397 g/mol. The molecule has 0 bridgehead atoms. The zero-order chi connectivity index (χ0) is 19.5. The molecule has 0 aliphatic carbocycles. The predicted molar refractivity (Wildman–Crippen MR) is 81.5 cm³/mol. The van der Waals surface area contributed by atoms with Crippen LogP contribution in [0.2, 0.25) is 0 Å². The van der Waals surface area contributed by atoms with Crippen molar-refractivity contribution in [3.63, 3.8) is 0 Å². The highest BCUT2D eigenvalue weighted by Crippen LogP contribution is 2.25. The standard InChI is InChI=1S/C13H14F3N3O6S/c14-10-8(7-9(19(21)22)11(15)12(10)16)13(20)17-1-6-26(23,24)18-2-4-25-5-3-18/h7H,1-6H2,(H,17,20). The maximum Gasteiger partial charge on any atom is 0.308 e. The lowest BCUT2D eigenvalue weighted by Crippen LogP contribution is -2.43. The smallest absolute Gasteiger partial charge is 0.308 e. The Labute approximate surface area is 145 Å². The number of carbonyl (C=O) groups is 1. The number of nitrogens with one attached hydrogen (secondary N) is 1. The molecular formula is C13H14F3N3O6S. The quantitative estimate of drug-likeness (QED) is 0.422. The van der Waals surface area contributed by atoms with Crippen molar-refractivity contribution in [2.75, 3.05) is 38.6 Å². The van der Waals surface area contributed by atoms with Crippen LogP contribution in [0.15, 0.2) is 6.07 Å². The van der Waals surface area contributed by atoms with E-state index in [1.807, 2.05) is 5.32 Å². The van der Waals surface area contributed by atoms with E-state index in [9.17, 15) is 36.5 Å². The lowest BCUT2D eigenvalue weighted by atomic mass is 10.1. The summed E-state index contributed by atoms with van der Waals surface area (Å²) in [6.45, 7) is 0.315. The van der Waals surface area contributed by atoms with Crippen LogP contribution < -0.4 is 5.32 Å². The first-order valence-electron chi connectivity index (χ1n) is 7.31. The van der Waals surface area contributed by atoms with Gasteiger partial charge in [0.1, 0.15) is 0 Å².